The van der Waals surface area contributed by atoms with E-state index in [2.05, 4.69) is 16.9 Å². The molecule has 0 aliphatic rings. The fourth-order valence-corrected chi connectivity index (χ4v) is 2.42. The first-order valence-corrected chi connectivity index (χ1v) is 6.72. The van der Waals surface area contributed by atoms with E-state index in [1.54, 1.807) is 0 Å². The first kappa shape index (κ1) is 13.5. The Morgan fingerprint density at radius 2 is 1.90 bits per heavy atom. The number of halogens is 2. The maximum atomic E-state index is 13.6. The Bertz CT molecular complexity index is 778. The van der Waals surface area contributed by atoms with Crippen molar-refractivity contribution in [3.8, 4) is 0 Å². The molecular formula is C16H15F2N3. The summed E-state index contributed by atoms with van der Waals surface area (Å²) in [6.07, 6.45) is 0.611. The van der Waals surface area contributed by atoms with E-state index in [0.717, 1.165) is 11.6 Å². The maximum Gasteiger partial charge on any atom is 0.153 e. The predicted octanol–water partition coefficient (Wildman–Crippen LogP) is 3.77. The van der Waals surface area contributed by atoms with E-state index >= 15 is 0 Å². The van der Waals surface area contributed by atoms with Gasteiger partial charge in [-0.3, -0.25) is 0 Å². The second-order valence-corrected chi connectivity index (χ2v) is 5.24. The molecule has 0 aliphatic carbocycles. The maximum absolute atomic E-state index is 13.6. The molecule has 108 valence electrons. The Morgan fingerprint density at radius 1 is 1.19 bits per heavy atom. The van der Waals surface area contributed by atoms with Crippen molar-refractivity contribution in [2.45, 2.75) is 19.3 Å². The van der Waals surface area contributed by atoms with Crippen LogP contribution in [0.1, 0.15) is 24.2 Å². The quantitative estimate of drug-likeness (QED) is 0.720. The van der Waals surface area contributed by atoms with Gasteiger partial charge in [0.15, 0.2) is 5.82 Å². The van der Waals surface area contributed by atoms with Gasteiger partial charge in [-0.15, -0.1) is 0 Å². The smallest absolute Gasteiger partial charge is 0.153 e. The zero-order valence-electron chi connectivity index (χ0n) is 11.5. The summed E-state index contributed by atoms with van der Waals surface area (Å²) in [6, 6.07) is 9.71. The highest BCUT2D eigenvalue weighted by molar-refractivity contribution is 5.75. The Balaban J connectivity index is 1.87. The van der Waals surface area contributed by atoms with Crippen LogP contribution in [0.5, 0.6) is 0 Å². The number of anilines is 1. The van der Waals surface area contributed by atoms with Gasteiger partial charge >= 0.3 is 0 Å². The summed E-state index contributed by atoms with van der Waals surface area (Å²) in [7, 11) is 0. The normalized spacial score (nSPS) is 12.7. The van der Waals surface area contributed by atoms with E-state index < -0.39 is 11.6 Å². The molecule has 3 rings (SSSR count). The molecule has 0 bridgehead atoms. The fourth-order valence-electron chi connectivity index (χ4n) is 2.42. The van der Waals surface area contributed by atoms with E-state index in [0.29, 0.717) is 23.4 Å². The summed E-state index contributed by atoms with van der Waals surface area (Å²) in [6.45, 7) is 2.05. The second kappa shape index (κ2) is 5.16. The van der Waals surface area contributed by atoms with Crippen molar-refractivity contribution in [1.29, 1.82) is 0 Å². The number of nitrogens with one attached hydrogen (secondary N) is 1. The van der Waals surface area contributed by atoms with Gasteiger partial charge in [0.1, 0.15) is 17.2 Å². The van der Waals surface area contributed by atoms with Gasteiger partial charge < -0.3 is 10.7 Å². The predicted molar refractivity (Wildman–Crippen MR) is 79.0 cm³/mol. The van der Waals surface area contributed by atoms with Crippen molar-refractivity contribution < 1.29 is 8.78 Å². The summed E-state index contributed by atoms with van der Waals surface area (Å²) < 4.78 is 26.8. The highest BCUT2D eigenvalue weighted by Crippen LogP contribution is 2.23. The summed E-state index contributed by atoms with van der Waals surface area (Å²) in [4.78, 5) is 7.19. The molecule has 0 amide bonds. The molecule has 3 nitrogen and oxygen atoms in total. The molecule has 3 N–H and O–H groups in total. The van der Waals surface area contributed by atoms with E-state index in [1.165, 1.54) is 6.07 Å². The highest BCUT2D eigenvalue weighted by atomic mass is 19.1. The van der Waals surface area contributed by atoms with Crippen LogP contribution in [0.4, 0.5) is 14.5 Å². The second-order valence-electron chi connectivity index (χ2n) is 5.24. The van der Waals surface area contributed by atoms with Crippen LogP contribution in [0.2, 0.25) is 0 Å². The van der Waals surface area contributed by atoms with E-state index in [9.17, 15) is 8.78 Å². The number of imidazole rings is 1. The molecule has 0 radical (unpaired) electrons. The number of aromatic nitrogens is 2. The lowest BCUT2D eigenvalue weighted by Gasteiger charge is -2.10. The van der Waals surface area contributed by atoms with Crippen LogP contribution >= 0.6 is 0 Å². The Labute approximate surface area is 120 Å². The molecule has 5 heteroatoms. The standard InChI is InChI=1S/C16H15F2N3/c1-9(10-2-4-12(19)5-3-10)6-15-20-14-8-11(17)7-13(18)16(14)21-15/h2-5,7-9H,6,19H2,1H3,(H,20,21). The van der Waals surface area contributed by atoms with Crippen LogP contribution in [0, 0.1) is 11.6 Å². The summed E-state index contributed by atoms with van der Waals surface area (Å²) in [5, 5.41) is 0. The Kier molecular flexibility index (Phi) is 3.33. The van der Waals surface area contributed by atoms with Crippen molar-refractivity contribution in [2.75, 3.05) is 5.73 Å². The molecule has 0 aliphatic heterocycles. The lowest BCUT2D eigenvalue weighted by atomic mass is 9.97. The average Bonchev–Trinajstić information content (AvgIpc) is 2.82. The van der Waals surface area contributed by atoms with E-state index in [4.69, 9.17) is 5.73 Å². The molecule has 0 spiro atoms. The summed E-state index contributed by atoms with van der Waals surface area (Å²) in [5.41, 5.74) is 8.06. The van der Waals surface area contributed by atoms with Crippen LogP contribution < -0.4 is 5.73 Å². The largest absolute Gasteiger partial charge is 0.399 e. The average molecular weight is 287 g/mol. The first-order chi connectivity index (χ1) is 10.0. The topological polar surface area (TPSA) is 54.7 Å². The van der Waals surface area contributed by atoms with Crippen LogP contribution in [0.3, 0.4) is 0 Å². The number of nitrogens with two attached hydrogens (primary N) is 1. The molecule has 0 saturated carbocycles. The third-order valence-electron chi connectivity index (χ3n) is 3.56. The monoisotopic (exact) mass is 287 g/mol. The molecule has 0 saturated heterocycles. The molecule has 21 heavy (non-hydrogen) atoms. The zero-order chi connectivity index (χ0) is 15.0. The highest BCUT2D eigenvalue weighted by Gasteiger charge is 2.13. The zero-order valence-corrected chi connectivity index (χ0v) is 11.5. The van der Waals surface area contributed by atoms with Gasteiger partial charge in [0.05, 0.1) is 5.52 Å². The van der Waals surface area contributed by atoms with Crippen LogP contribution in [-0.2, 0) is 6.42 Å². The van der Waals surface area contributed by atoms with Crippen molar-refractivity contribution >= 4 is 16.7 Å². The SMILES string of the molecule is CC(Cc1nc2c(F)cc(F)cc2[nH]1)c1ccc(N)cc1. The summed E-state index contributed by atoms with van der Waals surface area (Å²) in [5.74, 6) is -0.424. The van der Waals surface area contributed by atoms with Gasteiger partial charge in [-0.2, -0.15) is 0 Å². The van der Waals surface area contributed by atoms with Gasteiger partial charge in [-0.1, -0.05) is 19.1 Å². The molecule has 1 aromatic heterocycles. The third-order valence-corrected chi connectivity index (χ3v) is 3.56. The lowest BCUT2D eigenvalue weighted by molar-refractivity contribution is 0.590. The number of fused-ring (bicyclic) bond motifs is 1. The van der Waals surface area contributed by atoms with E-state index in [1.807, 2.05) is 24.3 Å². The van der Waals surface area contributed by atoms with Crippen molar-refractivity contribution in [3.05, 3.63) is 59.4 Å². The van der Waals surface area contributed by atoms with Crippen molar-refractivity contribution in [3.63, 3.8) is 0 Å². The number of aromatic amines is 1. The molecule has 0 fully saturated rings. The van der Waals surface area contributed by atoms with Crippen molar-refractivity contribution in [2.24, 2.45) is 0 Å². The number of H-pyrrole nitrogens is 1. The number of benzene rings is 2. The molecule has 2 aromatic carbocycles. The number of hydrogen-bond donors (Lipinski definition) is 2. The minimum Gasteiger partial charge on any atom is -0.399 e. The van der Waals surface area contributed by atoms with Crippen molar-refractivity contribution in [1.82, 2.24) is 9.97 Å². The van der Waals surface area contributed by atoms with Crippen LogP contribution in [0.25, 0.3) is 11.0 Å². The van der Waals surface area contributed by atoms with Gasteiger partial charge in [-0.05, 0) is 29.7 Å². The van der Waals surface area contributed by atoms with Gasteiger partial charge in [0, 0.05) is 18.2 Å². The number of rotatable bonds is 3. The molecule has 1 heterocycles. The Morgan fingerprint density at radius 3 is 2.62 bits per heavy atom. The van der Waals surface area contributed by atoms with Crippen LogP contribution in [-0.4, -0.2) is 9.97 Å². The Hall–Kier alpha value is -2.43. The minimum absolute atomic E-state index is 0.177. The van der Waals surface area contributed by atoms with Gasteiger partial charge in [0.2, 0.25) is 0 Å². The molecular weight excluding hydrogens is 272 g/mol. The van der Waals surface area contributed by atoms with Gasteiger partial charge in [-0.25, -0.2) is 13.8 Å². The first-order valence-electron chi connectivity index (χ1n) is 6.72. The van der Waals surface area contributed by atoms with Crippen LogP contribution in [0.15, 0.2) is 36.4 Å². The molecule has 3 aromatic rings. The molecule has 1 unspecified atom stereocenters. The minimum atomic E-state index is -0.646. The number of nitrogens with zero attached hydrogens (tertiary/aromatic N) is 1. The summed E-state index contributed by atoms with van der Waals surface area (Å²) >= 11 is 0. The number of nitrogen functional groups attached to an aromatic ring is 1. The third kappa shape index (κ3) is 2.72. The van der Waals surface area contributed by atoms with E-state index in [-0.39, 0.29) is 11.4 Å². The molecule has 1 atom stereocenters. The van der Waals surface area contributed by atoms with Gasteiger partial charge in [0.25, 0.3) is 0 Å². The lowest BCUT2D eigenvalue weighted by Crippen LogP contribution is -2.00. The fraction of sp³-hybridized carbons (Fsp3) is 0.188. The number of hydrogen-bond acceptors (Lipinski definition) is 2.